The summed E-state index contributed by atoms with van der Waals surface area (Å²) in [6.45, 7) is 0. The first kappa shape index (κ1) is 15.2. The van der Waals surface area contributed by atoms with E-state index in [1.54, 1.807) is 36.4 Å². The number of anilines is 2. The predicted molar refractivity (Wildman–Crippen MR) is 86.5 cm³/mol. The lowest BCUT2D eigenvalue weighted by Crippen LogP contribution is -2.33. The molecule has 0 aromatic heterocycles. The molecule has 3 aromatic carbocycles. The molecule has 0 N–H and O–H groups in total. The van der Waals surface area contributed by atoms with Crippen LogP contribution < -0.4 is 4.90 Å². The molecule has 0 spiro atoms. The Hall–Kier alpha value is -2.75. The lowest BCUT2D eigenvalue weighted by molar-refractivity contribution is -0.120. The van der Waals surface area contributed by atoms with Gasteiger partial charge in [0.05, 0.1) is 5.69 Å². The molecule has 0 radical (unpaired) electrons. The Bertz CT molecular complexity index is 767. The zero-order chi connectivity index (χ0) is 16.3. The molecular formula is C19H14F3N. The maximum absolute atomic E-state index is 13.6. The molecule has 0 fully saturated rings. The summed E-state index contributed by atoms with van der Waals surface area (Å²) >= 11 is 0. The van der Waals surface area contributed by atoms with Crippen LogP contribution in [0.2, 0.25) is 0 Å². The van der Waals surface area contributed by atoms with Gasteiger partial charge in [0, 0.05) is 5.69 Å². The van der Waals surface area contributed by atoms with E-state index in [0.717, 1.165) is 11.1 Å². The summed E-state index contributed by atoms with van der Waals surface area (Å²) in [4.78, 5) is 0.388. The second-order valence-electron chi connectivity index (χ2n) is 5.06. The molecule has 23 heavy (non-hydrogen) atoms. The van der Waals surface area contributed by atoms with Gasteiger partial charge in [0.15, 0.2) is 0 Å². The van der Waals surface area contributed by atoms with Crippen LogP contribution in [0, 0.1) is 0 Å². The lowest BCUT2D eigenvalue weighted by atomic mass is 10.0. The van der Waals surface area contributed by atoms with E-state index in [1.807, 2.05) is 30.3 Å². The Morgan fingerprint density at radius 2 is 1.09 bits per heavy atom. The molecule has 0 amide bonds. The molecule has 0 bridgehead atoms. The van der Waals surface area contributed by atoms with Crippen molar-refractivity contribution in [2.24, 2.45) is 0 Å². The standard InChI is InChI=1S/C19H14F3N/c20-19(21,22)23(17-11-5-2-6-12-17)18-13-7-10-16(14-18)15-8-3-1-4-9-15/h1-14H. The van der Waals surface area contributed by atoms with Gasteiger partial charge in [-0.05, 0) is 35.4 Å². The summed E-state index contributed by atoms with van der Waals surface area (Å²) in [5.74, 6) is 0. The van der Waals surface area contributed by atoms with Gasteiger partial charge in [0.1, 0.15) is 0 Å². The summed E-state index contributed by atoms with van der Waals surface area (Å²) in [6.07, 6.45) is -4.50. The zero-order valence-corrected chi connectivity index (χ0v) is 12.2. The molecule has 1 nitrogen and oxygen atoms in total. The van der Waals surface area contributed by atoms with Crippen molar-refractivity contribution in [3.05, 3.63) is 84.9 Å². The first-order valence-electron chi connectivity index (χ1n) is 7.13. The monoisotopic (exact) mass is 313 g/mol. The second kappa shape index (κ2) is 6.16. The van der Waals surface area contributed by atoms with Gasteiger partial charge in [0.25, 0.3) is 0 Å². The molecule has 0 aliphatic heterocycles. The minimum atomic E-state index is -4.50. The molecule has 0 saturated heterocycles. The van der Waals surface area contributed by atoms with Crippen LogP contribution in [-0.2, 0) is 0 Å². The van der Waals surface area contributed by atoms with E-state index in [-0.39, 0.29) is 11.4 Å². The van der Waals surface area contributed by atoms with Crippen LogP contribution in [0.3, 0.4) is 0 Å². The fourth-order valence-corrected chi connectivity index (χ4v) is 2.47. The molecule has 0 aliphatic carbocycles. The average molecular weight is 313 g/mol. The number of nitrogens with zero attached hydrogens (tertiary/aromatic N) is 1. The van der Waals surface area contributed by atoms with E-state index in [0.29, 0.717) is 4.90 Å². The number of para-hydroxylation sites is 1. The number of hydrogen-bond donors (Lipinski definition) is 0. The fraction of sp³-hybridized carbons (Fsp3) is 0.0526. The highest BCUT2D eigenvalue weighted by molar-refractivity contribution is 5.72. The fourth-order valence-electron chi connectivity index (χ4n) is 2.47. The topological polar surface area (TPSA) is 3.24 Å². The van der Waals surface area contributed by atoms with Gasteiger partial charge in [-0.15, -0.1) is 13.2 Å². The van der Waals surface area contributed by atoms with Crippen molar-refractivity contribution >= 4 is 11.4 Å². The predicted octanol–water partition coefficient (Wildman–Crippen LogP) is 6.01. The van der Waals surface area contributed by atoms with Gasteiger partial charge >= 0.3 is 6.30 Å². The second-order valence-corrected chi connectivity index (χ2v) is 5.06. The van der Waals surface area contributed by atoms with Crippen molar-refractivity contribution in [1.29, 1.82) is 0 Å². The Labute approximate surface area is 132 Å². The third-order valence-corrected chi connectivity index (χ3v) is 3.48. The quantitative estimate of drug-likeness (QED) is 0.535. The van der Waals surface area contributed by atoms with Crippen molar-refractivity contribution in [3.63, 3.8) is 0 Å². The third kappa shape index (κ3) is 3.37. The molecule has 0 unspecified atom stereocenters. The molecule has 3 aromatic rings. The van der Waals surface area contributed by atoms with Gasteiger partial charge in [-0.1, -0.05) is 60.7 Å². The summed E-state index contributed by atoms with van der Waals surface area (Å²) in [7, 11) is 0. The molecule has 0 atom stereocenters. The largest absolute Gasteiger partial charge is 0.489 e. The van der Waals surface area contributed by atoms with E-state index < -0.39 is 6.30 Å². The Balaban J connectivity index is 2.08. The molecule has 0 aliphatic rings. The number of hydrogen-bond acceptors (Lipinski definition) is 1. The molecular weight excluding hydrogens is 299 g/mol. The summed E-state index contributed by atoms with van der Waals surface area (Å²) in [5, 5.41) is 0. The van der Waals surface area contributed by atoms with E-state index >= 15 is 0 Å². The first-order valence-corrected chi connectivity index (χ1v) is 7.13. The molecule has 4 heteroatoms. The van der Waals surface area contributed by atoms with Crippen molar-refractivity contribution in [2.45, 2.75) is 6.30 Å². The van der Waals surface area contributed by atoms with Crippen LogP contribution in [0.25, 0.3) is 11.1 Å². The van der Waals surface area contributed by atoms with Crippen LogP contribution in [0.5, 0.6) is 0 Å². The Morgan fingerprint density at radius 3 is 1.70 bits per heavy atom. The summed E-state index contributed by atoms with van der Waals surface area (Å²) in [6, 6.07) is 23.6. The third-order valence-electron chi connectivity index (χ3n) is 3.48. The highest BCUT2D eigenvalue weighted by atomic mass is 19.4. The lowest BCUT2D eigenvalue weighted by Gasteiger charge is -2.27. The SMILES string of the molecule is FC(F)(F)N(c1ccccc1)c1cccc(-c2ccccc2)c1. The van der Waals surface area contributed by atoms with Crippen molar-refractivity contribution in [3.8, 4) is 11.1 Å². The minimum Gasteiger partial charge on any atom is -0.253 e. The van der Waals surface area contributed by atoms with Crippen LogP contribution in [0.4, 0.5) is 24.5 Å². The molecule has 0 saturated carbocycles. The van der Waals surface area contributed by atoms with Crippen molar-refractivity contribution in [1.82, 2.24) is 0 Å². The van der Waals surface area contributed by atoms with Crippen molar-refractivity contribution < 1.29 is 13.2 Å². The maximum atomic E-state index is 13.6. The number of halogens is 3. The summed E-state index contributed by atoms with van der Waals surface area (Å²) in [5.41, 5.74) is 1.80. The smallest absolute Gasteiger partial charge is 0.253 e. The van der Waals surface area contributed by atoms with Crippen LogP contribution in [-0.4, -0.2) is 6.30 Å². The highest BCUT2D eigenvalue weighted by Gasteiger charge is 2.38. The van der Waals surface area contributed by atoms with E-state index in [4.69, 9.17) is 0 Å². The Kier molecular flexibility index (Phi) is 4.06. The van der Waals surface area contributed by atoms with E-state index in [1.165, 1.54) is 18.2 Å². The van der Waals surface area contributed by atoms with Gasteiger partial charge in [-0.2, -0.15) is 0 Å². The van der Waals surface area contributed by atoms with Crippen molar-refractivity contribution in [2.75, 3.05) is 4.90 Å². The maximum Gasteiger partial charge on any atom is 0.489 e. The summed E-state index contributed by atoms with van der Waals surface area (Å²) < 4.78 is 40.7. The van der Waals surface area contributed by atoms with Crippen LogP contribution in [0.1, 0.15) is 0 Å². The minimum absolute atomic E-state index is 0.0880. The first-order chi connectivity index (χ1) is 11.1. The van der Waals surface area contributed by atoms with E-state index in [9.17, 15) is 13.2 Å². The Morgan fingerprint density at radius 1 is 0.565 bits per heavy atom. The van der Waals surface area contributed by atoms with Gasteiger partial charge in [-0.25, -0.2) is 0 Å². The van der Waals surface area contributed by atoms with Crippen LogP contribution in [0.15, 0.2) is 84.9 Å². The van der Waals surface area contributed by atoms with Gasteiger partial charge in [0.2, 0.25) is 0 Å². The van der Waals surface area contributed by atoms with E-state index in [2.05, 4.69) is 0 Å². The average Bonchev–Trinajstić information content (AvgIpc) is 2.56. The van der Waals surface area contributed by atoms with Crippen LogP contribution >= 0.6 is 0 Å². The number of benzene rings is 3. The normalized spacial score (nSPS) is 11.3. The van der Waals surface area contributed by atoms with Gasteiger partial charge < -0.3 is 0 Å². The number of alkyl halides is 3. The zero-order valence-electron chi connectivity index (χ0n) is 12.2. The van der Waals surface area contributed by atoms with Gasteiger partial charge in [-0.3, -0.25) is 4.90 Å². The highest BCUT2D eigenvalue weighted by Crippen LogP contribution is 2.37. The molecule has 0 heterocycles. The molecule has 116 valence electrons. The molecule has 3 rings (SSSR count). The number of rotatable bonds is 3.